The predicted molar refractivity (Wildman–Crippen MR) is 97.1 cm³/mol. The van der Waals surface area contributed by atoms with E-state index in [0.29, 0.717) is 0 Å². The second-order valence-electron chi connectivity index (χ2n) is 5.49. The summed E-state index contributed by atoms with van der Waals surface area (Å²) in [5, 5.41) is 9.36. The Morgan fingerprint density at radius 2 is 1.83 bits per heavy atom. The Morgan fingerprint density at radius 1 is 1.13 bits per heavy atom. The highest BCUT2D eigenvalue weighted by Crippen LogP contribution is 2.28. The number of alkyl halides is 3. The van der Waals surface area contributed by atoms with Crippen molar-refractivity contribution in [3.05, 3.63) is 70.6 Å². The molecule has 2 aromatic carbocycles. The number of carboxylic acid groups (broad SMARTS) is 1. The maximum Gasteiger partial charge on any atom is 0.573 e. The number of para-hydroxylation sites is 1. The van der Waals surface area contributed by atoms with Gasteiger partial charge < -0.3 is 24.1 Å². The van der Waals surface area contributed by atoms with Gasteiger partial charge in [0.25, 0.3) is 0 Å². The molecule has 0 amide bonds. The van der Waals surface area contributed by atoms with Gasteiger partial charge in [-0.25, -0.2) is 9.59 Å². The Hall–Kier alpha value is -3.40. The van der Waals surface area contributed by atoms with Crippen molar-refractivity contribution in [2.45, 2.75) is 13.0 Å². The molecule has 0 saturated carbocycles. The normalized spacial score (nSPS) is 11.6. The van der Waals surface area contributed by atoms with Crippen molar-refractivity contribution in [2.75, 3.05) is 7.11 Å². The fourth-order valence-corrected chi connectivity index (χ4v) is 2.32. The molecule has 0 saturated heterocycles. The van der Waals surface area contributed by atoms with Crippen molar-refractivity contribution >= 4 is 23.5 Å². The van der Waals surface area contributed by atoms with E-state index in [1.54, 1.807) is 0 Å². The summed E-state index contributed by atoms with van der Waals surface area (Å²) in [6.45, 7) is -0.414. The van der Waals surface area contributed by atoms with E-state index in [9.17, 15) is 27.9 Å². The zero-order valence-corrected chi connectivity index (χ0v) is 16.0. The molecule has 0 bridgehead atoms. The lowest BCUT2D eigenvalue weighted by molar-refractivity contribution is -0.275. The minimum absolute atomic E-state index is 0.0352. The molecule has 0 heterocycles. The fourth-order valence-electron chi connectivity index (χ4n) is 2.15. The quantitative estimate of drug-likeness (QED) is 0.361. The van der Waals surface area contributed by atoms with E-state index in [1.807, 2.05) is 0 Å². The fraction of sp³-hybridized carbons (Fsp3) is 0.158. The number of aromatic carboxylic acids is 1. The molecule has 0 aliphatic carbocycles. The first kappa shape index (κ1) is 22.9. The molecule has 1 N–H and O–H groups in total. The average molecular weight is 447 g/mol. The lowest BCUT2D eigenvalue weighted by atomic mass is 10.2. The van der Waals surface area contributed by atoms with Gasteiger partial charge in [-0.05, 0) is 24.3 Å². The molecule has 0 fully saturated rings. The number of rotatable bonds is 8. The zero-order chi connectivity index (χ0) is 22.3. The van der Waals surface area contributed by atoms with E-state index >= 15 is 0 Å². The summed E-state index contributed by atoms with van der Waals surface area (Å²) in [6, 6.07) is 8.90. The van der Waals surface area contributed by atoms with Crippen molar-refractivity contribution in [3.8, 4) is 11.5 Å². The van der Waals surface area contributed by atoms with Gasteiger partial charge in [0.15, 0.2) is 0 Å². The molecule has 0 aliphatic heterocycles. The average Bonchev–Trinajstić information content (AvgIpc) is 2.67. The maximum absolute atomic E-state index is 12.5. The first-order valence-corrected chi connectivity index (χ1v) is 8.43. The van der Waals surface area contributed by atoms with Crippen LogP contribution in [0.1, 0.15) is 15.9 Å². The van der Waals surface area contributed by atoms with Gasteiger partial charge in [-0.3, -0.25) is 0 Å². The minimum atomic E-state index is -4.89. The Morgan fingerprint density at radius 3 is 2.47 bits per heavy atom. The van der Waals surface area contributed by atoms with Crippen LogP contribution in [0.25, 0.3) is 0 Å². The lowest BCUT2D eigenvalue weighted by Gasteiger charge is -2.13. The summed E-state index contributed by atoms with van der Waals surface area (Å²) in [6.07, 6.45) is -4.11. The smallest absolute Gasteiger partial charge is 0.492 e. The first-order valence-electron chi connectivity index (χ1n) is 8.05. The number of hydrogen-bond acceptors (Lipinski definition) is 6. The zero-order valence-electron chi connectivity index (χ0n) is 15.2. The van der Waals surface area contributed by atoms with Gasteiger partial charge in [-0.1, -0.05) is 29.8 Å². The van der Waals surface area contributed by atoms with E-state index in [-0.39, 0.29) is 21.9 Å². The van der Waals surface area contributed by atoms with Crippen molar-refractivity contribution in [1.82, 2.24) is 0 Å². The van der Waals surface area contributed by atoms with Crippen molar-refractivity contribution < 1.29 is 46.8 Å². The van der Waals surface area contributed by atoms with E-state index in [4.69, 9.17) is 21.1 Å². The molecule has 0 spiro atoms. The molecular weight excluding hydrogens is 433 g/mol. The number of carbonyl (C=O) groups is 2. The monoisotopic (exact) mass is 446 g/mol. The van der Waals surface area contributed by atoms with Gasteiger partial charge >= 0.3 is 18.3 Å². The largest absolute Gasteiger partial charge is 0.573 e. The van der Waals surface area contributed by atoms with Crippen LogP contribution in [0, 0.1) is 0 Å². The van der Waals surface area contributed by atoms with Crippen LogP contribution < -0.4 is 9.47 Å². The number of halogens is 4. The number of methoxy groups -OCH3 is 1. The summed E-state index contributed by atoms with van der Waals surface area (Å²) >= 11 is 5.76. The van der Waals surface area contributed by atoms with Crippen LogP contribution in [0.5, 0.6) is 11.5 Å². The second-order valence-corrected chi connectivity index (χ2v) is 5.92. The third-order valence-corrected chi connectivity index (χ3v) is 3.64. The number of carbonyl (C=O) groups excluding carboxylic acids is 1. The summed E-state index contributed by atoms with van der Waals surface area (Å²) in [7, 11) is 1.05. The highest BCUT2D eigenvalue weighted by Gasteiger charge is 2.32. The number of esters is 1. The third-order valence-electron chi connectivity index (χ3n) is 3.41. The van der Waals surface area contributed by atoms with Crippen molar-refractivity contribution in [3.63, 3.8) is 0 Å². The molecular formula is C19H14ClF3O7. The van der Waals surface area contributed by atoms with Crippen LogP contribution >= 0.6 is 11.6 Å². The molecule has 2 rings (SSSR count). The van der Waals surface area contributed by atoms with E-state index in [0.717, 1.165) is 25.5 Å². The van der Waals surface area contributed by atoms with Gasteiger partial charge in [-0.15, -0.1) is 13.2 Å². The summed E-state index contributed by atoms with van der Waals surface area (Å²) < 4.78 is 56.3. The van der Waals surface area contributed by atoms with Crippen LogP contribution in [-0.4, -0.2) is 30.5 Å². The van der Waals surface area contributed by atoms with Crippen LogP contribution in [0.4, 0.5) is 13.2 Å². The van der Waals surface area contributed by atoms with E-state index < -0.39 is 36.4 Å². The van der Waals surface area contributed by atoms with Crippen LogP contribution in [0.2, 0.25) is 5.02 Å². The van der Waals surface area contributed by atoms with Gasteiger partial charge in [0, 0.05) is 10.6 Å². The van der Waals surface area contributed by atoms with Gasteiger partial charge in [0.1, 0.15) is 29.9 Å². The molecule has 30 heavy (non-hydrogen) atoms. The predicted octanol–water partition coefficient (Wildman–Crippen LogP) is 4.55. The maximum atomic E-state index is 12.5. The summed E-state index contributed by atoms with van der Waals surface area (Å²) in [4.78, 5) is 23.3. The number of carboxylic acids is 1. The summed E-state index contributed by atoms with van der Waals surface area (Å²) in [5.74, 6) is -3.63. The molecule has 0 radical (unpaired) electrons. The number of hydrogen-bond donors (Lipinski definition) is 1. The van der Waals surface area contributed by atoms with Gasteiger partial charge in [0.05, 0.1) is 7.11 Å². The van der Waals surface area contributed by atoms with Crippen molar-refractivity contribution in [2.24, 2.45) is 0 Å². The SMILES string of the molecule is COC(=O)/C(=C\OCc1ccccc1OC(F)(F)F)Oc1ccc(Cl)cc1C(=O)O. The van der Waals surface area contributed by atoms with Crippen LogP contribution in [-0.2, 0) is 20.9 Å². The highest BCUT2D eigenvalue weighted by atomic mass is 35.5. The van der Waals surface area contributed by atoms with Gasteiger partial charge in [0.2, 0.25) is 5.76 Å². The van der Waals surface area contributed by atoms with E-state index in [1.165, 1.54) is 30.3 Å². The third kappa shape index (κ3) is 6.59. The Bertz CT molecular complexity index is 957. The molecule has 0 aromatic heterocycles. The Kier molecular flexibility index (Phi) is 7.54. The Labute approximate surface area is 173 Å². The molecule has 0 aliphatic rings. The highest BCUT2D eigenvalue weighted by molar-refractivity contribution is 6.31. The number of benzene rings is 2. The van der Waals surface area contributed by atoms with Gasteiger partial charge in [-0.2, -0.15) is 0 Å². The molecule has 160 valence electrons. The topological polar surface area (TPSA) is 91.3 Å². The molecule has 0 unspecified atom stereocenters. The summed E-state index contributed by atoms with van der Waals surface area (Å²) in [5.41, 5.74) is -0.297. The van der Waals surface area contributed by atoms with Crippen LogP contribution in [0.3, 0.4) is 0 Å². The first-order chi connectivity index (χ1) is 14.1. The minimum Gasteiger partial charge on any atom is -0.492 e. The molecule has 7 nitrogen and oxygen atoms in total. The van der Waals surface area contributed by atoms with Crippen LogP contribution in [0.15, 0.2) is 54.5 Å². The molecule has 11 heteroatoms. The Balaban J connectivity index is 2.22. The standard InChI is InChI=1S/C19H14ClF3O7/c1-27-18(26)16(29-15-7-6-12(20)8-13(15)17(24)25)10-28-9-11-4-2-3-5-14(11)30-19(21,22)23/h2-8,10H,9H2,1H3,(H,24,25)/b16-10+. The van der Waals surface area contributed by atoms with Crippen molar-refractivity contribution in [1.29, 1.82) is 0 Å². The second kappa shape index (κ2) is 9.88. The lowest BCUT2D eigenvalue weighted by Crippen LogP contribution is -2.18. The molecule has 2 aromatic rings. The number of ether oxygens (including phenoxy) is 4. The van der Waals surface area contributed by atoms with E-state index in [2.05, 4.69) is 9.47 Å². The molecule has 0 atom stereocenters.